The Bertz CT molecular complexity index is 293. The average molecular weight is 189 g/mol. The highest BCUT2D eigenvalue weighted by atomic mass is 19.3. The second-order valence-corrected chi connectivity index (χ2v) is 2.28. The van der Waals surface area contributed by atoms with Gasteiger partial charge in [-0.3, -0.25) is 5.84 Å². The summed E-state index contributed by atoms with van der Waals surface area (Å²) in [5.41, 5.74) is 8.35. The van der Waals surface area contributed by atoms with Gasteiger partial charge >= 0.3 is 6.61 Å². The zero-order valence-corrected chi connectivity index (χ0v) is 6.63. The Morgan fingerprint density at radius 3 is 2.54 bits per heavy atom. The Morgan fingerprint density at radius 1 is 1.38 bits per heavy atom. The molecule has 13 heavy (non-hydrogen) atoms. The summed E-state index contributed by atoms with van der Waals surface area (Å²) in [4.78, 5) is 0. The minimum atomic E-state index is -2.88. The number of hydrogen-bond acceptors (Lipinski definition) is 4. The third kappa shape index (κ3) is 2.45. The van der Waals surface area contributed by atoms with Crippen molar-refractivity contribution in [2.45, 2.75) is 6.61 Å². The average Bonchev–Trinajstić information content (AvgIpc) is 2.08. The van der Waals surface area contributed by atoms with Gasteiger partial charge in [-0.2, -0.15) is 8.78 Å². The fraction of sp³-hybridized carbons (Fsp3) is 0.143. The molecular weight excluding hydrogens is 180 g/mol. The third-order valence-electron chi connectivity index (χ3n) is 1.39. The van der Waals surface area contributed by atoms with Gasteiger partial charge in [-0.1, -0.05) is 0 Å². The number of nitrogens with one attached hydrogen (secondary N) is 1. The second-order valence-electron chi connectivity index (χ2n) is 2.28. The van der Waals surface area contributed by atoms with Gasteiger partial charge < -0.3 is 15.9 Å². The Morgan fingerprint density at radius 2 is 2.08 bits per heavy atom. The van der Waals surface area contributed by atoms with Gasteiger partial charge in [-0.15, -0.1) is 0 Å². The lowest BCUT2D eigenvalue weighted by molar-refractivity contribution is -0.0493. The molecule has 0 amide bonds. The molecule has 72 valence electrons. The van der Waals surface area contributed by atoms with E-state index < -0.39 is 6.61 Å². The summed E-state index contributed by atoms with van der Waals surface area (Å²) in [6.45, 7) is -2.88. The Labute approximate surface area is 73.4 Å². The molecule has 6 heteroatoms. The van der Waals surface area contributed by atoms with Gasteiger partial charge in [0.2, 0.25) is 0 Å². The van der Waals surface area contributed by atoms with Crippen molar-refractivity contribution in [2.24, 2.45) is 5.84 Å². The minimum absolute atomic E-state index is 0.0611. The molecule has 0 aliphatic heterocycles. The zero-order chi connectivity index (χ0) is 9.84. The summed E-state index contributed by atoms with van der Waals surface area (Å²) < 4.78 is 27.6. The summed E-state index contributed by atoms with van der Waals surface area (Å²) >= 11 is 0. The van der Waals surface area contributed by atoms with Crippen molar-refractivity contribution in [1.82, 2.24) is 0 Å². The number of ether oxygens (including phenoxy) is 1. The normalized spacial score (nSPS) is 10.2. The predicted molar refractivity (Wildman–Crippen MR) is 45.3 cm³/mol. The van der Waals surface area contributed by atoms with Crippen molar-refractivity contribution in [2.75, 3.05) is 11.2 Å². The van der Waals surface area contributed by atoms with Crippen LogP contribution in [0.5, 0.6) is 5.75 Å². The number of nitrogens with two attached hydrogens (primary N) is 2. The summed E-state index contributed by atoms with van der Waals surface area (Å²) in [6, 6.07) is 4.20. The van der Waals surface area contributed by atoms with Crippen LogP contribution in [0.3, 0.4) is 0 Å². The van der Waals surface area contributed by atoms with Crippen molar-refractivity contribution in [3.05, 3.63) is 18.2 Å². The highest BCUT2D eigenvalue weighted by Crippen LogP contribution is 2.25. The Kier molecular flexibility index (Phi) is 2.86. The van der Waals surface area contributed by atoms with E-state index in [1.165, 1.54) is 18.2 Å². The molecule has 0 heterocycles. The Hall–Kier alpha value is -1.56. The first-order chi connectivity index (χ1) is 6.13. The smallest absolute Gasteiger partial charge is 0.387 e. The van der Waals surface area contributed by atoms with E-state index in [0.717, 1.165) is 0 Å². The van der Waals surface area contributed by atoms with Crippen molar-refractivity contribution in [1.29, 1.82) is 0 Å². The predicted octanol–water partition coefficient (Wildman–Crippen LogP) is 1.16. The fourth-order valence-corrected chi connectivity index (χ4v) is 0.842. The molecule has 1 rings (SSSR count). The molecule has 0 fully saturated rings. The largest absolute Gasteiger partial charge is 0.433 e. The number of rotatable bonds is 3. The van der Waals surface area contributed by atoms with E-state index in [2.05, 4.69) is 10.2 Å². The van der Waals surface area contributed by atoms with Gasteiger partial charge in [0, 0.05) is 0 Å². The van der Waals surface area contributed by atoms with Crippen LogP contribution < -0.4 is 21.7 Å². The molecule has 0 aliphatic carbocycles. The molecule has 0 bridgehead atoms. The number of alkyl halides is 2. The maximum atomic E-state index is 11.8. The van der Waals surface area contributed by atoms with E-state index >= 15 is 0 Å². The van der Waals surface area contributed by atoms with Crippen LogP contribution in [0, 0.1) is 0 Å². The Balaban J connectivity index is 2.85. The first kappa shape index (κ1) is 9.53. The molecule has 0 aliphatic rings. The van der Waals surface area contributed by atoms with E-state index in [9.17, 15) is 8.78 Å². The molecule has 4 nitrogen and oxygen atoms in total. The minimum Gasteiger partial charge on any atom is -0.433 e. The molecule has 0 aromatic heterocycles. The van der Waals surface area contributed by atoms with Crippen LogP contribution in [0.2, 0.25) is 0 Å². The van der Waals surface area contributed by atoms with Gasteiger partial charge in [0.05, 0.1) is 11.4 Å². The number of anilines is 2. The van der Waals surface area contributed by atoms with Crippen molar-refractivity contribution in [3.63, 3.8) is 0 Å². The molecule has 1 aromatic rings. The van der Waals surface area contributed by atoms with E-state index in [-0.39, 0.29) is 11.4 Å². The van der Waals surface area contributed by atoms with Crippen LogP contribution in [-0.2, 0) is 0 Å². The van der Waals surface area contributed by atoms with E-state index in [1.54, 1.807) is 0 Å². The third-order valence-corrected chi connectivity index (χ3v) is 1.39. The lowest BCUT2D eigenvalue weighted by atomic mass is 10.2. The molecule has 5 N–H and O–H groups in total. The maximum Gasteiger partial charge on any atom is 0.387 e. The summed E-state index contributed by atoms with van der Waals surface area (Å²) in [5, 5.41) is 0. The number of hydrogen-bond donors (Lipinski definition) is 3. The summed E-state index contributed by atoms with van der Waals surface area (Å²) in [7, 11) is 0. The maximum absolute atomic E-state index is 11.8. The van der Waals surface area contributed by atoms with E-state index in [1.807, 2.05) is 0 Å². The van der Waals surface area contributed by atoms with Gasteiger partial charge in [0.25, 0.3) is 0 Å². The van der Waals surface area contributed by atoms with Gasteiger partial charge in [-0.25, -0.2) is 0 Å². The molecular formula is C7H9F2N3O. The topological polar surface area (TPSA) is 73.3 Å². The number of halogens is 2. The zero-order valence-electron chi connectivity index (χ0n) is 6.63. The quantitative estimate of drug-likeness (QED) is 0.379. The first-order valence-electron chi connectivity index (χ1n) is 3.44. The molecule has 0 unspecified atom stereocenters. The monoisotopic (exact) mass is 189 g/mol. The standard InChI is InChI=1S/C7H9F2N3O/c8-7(9)13-6-2-1-4(12-11)3-5(6)10/h1-3,7,12H,10-11H2. The SMILES string of the molecule is NNc1ccc(OC(F)F)c(N)c1. The summed E-state index contributed by atoms with van der Waals surface area (Å²) in [6.07, 6.45) is 0. The second kappa shape index (κ2) is 3.90. The lowest BCUT2D eigenvalue weighted by Gasteiger charge is -2.08. The van der Waals surface area contributed by atoms with Crippen LogP contribution in [0.1, 0.15) is 0 Å². The number of benzene rings is 1. The lowest BCUT2D eigenvalue weighted by Crippen LogP contribution is -2.08. The molecule has 0 radical (unpaired) electrons. The van der Waals surface area contributed by atoms with Gasteiger partial charge in [0.1, 0.15) is 5.75 Å². The van der Waals surface area contributed by atoms with Crippen LogP contribution in [0.15, 0.2) is 18.2 Å². The van der Waals surface area contributed by atoms with Crippen molar-refractivity contribution in [3.8, 4) is 5.75 Å². The molecule has 0 saturated heterocycles. The molecule has 0 spiro atoms. The molecule has 0 atom stereocenters. The number of nitrogen functional groups attached to an aromatic ring is 2. The number of hydrazine groups is 1. The van der Waals surface area contributed by atoms with Crippen molar-refractivity contribution >= 4 is 11.4 Å². The molecule has 1 aromatic carbocycles. The highest BCUT2D eigenvalue weighted by Gasteiger charge is 2.07. The summed E-state index contributed by atoms with van der Waals surface area (Å²) in [5.74, 6) is 5.01. The first-order valence-corrected chi connectivity index (χ1v) is 3.44. The van der Waals surface area contributed by atoms with Crippen LogP contribution >= 0.6 is 0 Å². The van der Waals surface area contributed by atoms with Crippen molar-refractivity contribution < 1.29 is 13.5 Å². The van der Waals surface area contributed by atoms with Gasteiger partial charge in [-0.05, 0) is 18.2 Å². The van der Waals surface area contributed by atoms with Crippen LogP contribution in [0.4, 0.5) is 20.2 Å². The van der Waals surface area contributed by atoms with Gasteiger partial charge in [0.15, 0.2) is 0 Å². The molecule has 0 saturated carbocycles. The highest BCUT2D eigenvalue weighted by molar-refractivity contribution is 5.61. The van der Waals surface area contributed by atoms with E-state index in [0.29, 0.717) is 5.69 Å². The van der Waals surface area contributed by atoms with Crippen LogP contribution in [0.25, 0.3) is 0 Å². The van der Waals surface area contributed by atoms with Crippen LogP contribution in [-0.4, -0.2) is 6.61 Å². The fourth-order valence-electron chi connectivity index (χ4n) is 0.842. The van der Waals surface area contributed by atoms with E-state index in [4.69, 9.17) is 11.6 Å².